The second kappa shape index (κ2) is 13.5. The first-order valence-electron chi connectivity index (χ1n) is 15.3. The van der Waals surface area contributed by atoms with Crippen molar-refractivity contribution in [3.63, 3.8) is 0 Å². The molecule has 0 radical (unpaired) electrons. The van der Waals surface area contributed by atoms with E-state index in [4.69, 9.17) is 4.74 Å². The summed E-state index contributed by atoms with van der Waals surface area (Å²) in [6.07, 6.45) is 10.8. The van der Waals surface area contributed by atoms with Gasteiger partial charge in [0, 0.05) is 19.2 Å². The molecule has 5 rings (SSSR count). The van der Waals surface area contributed by atoms with Crippen LogP contribution in [0.2, 0.25) is 0 Å². The number of amides is 3. The van der Waals surface area contributed by atoms with Crippen molar-refractivity contribution in [1.29, 1.82) is 0 Å². The van der Waals surface area contributed by atoms with E-state index >= 15 is 0 Å². The highest BCUT2D eigenvalue weighted by Crippen LogP contribution is 2.37. The van der Waals surface area contributed by atoms with Gasteiger partial charge in [0.05, 0.1) is 36.4 Å². The molecule has 1 saturated carbocycles. The fraction of sp³-hybridized carbons (Fsp3) is 0.613. The highest BCUT2D eigenvalue weighted by molar-refractivity contribution is 5.97. The Morgan fingerprint density at radius 3 is 2.61 bits per heavy atom. The number of aromatic nitrogens is 2. The predicted molar refractivity (Wildman–Crippen MR) is 157 cm³/mol. The third kappa shape index (κ3) is 7.09. The Morgan fingerprint density at radius 1 is 1.02 bits per heavy atom. The summed E-state index contributed by atoms with van der Waals surface area (Å²) in [5, 5.41) is 13.7. The number of aryl methyl sites for hydroxylation is 1. The Hall–Kier alpha value is -3.40. The van der Waals surface area contributed by atoms with Crippen molar-refractivity contribution in [3.8, 4) is 5.75 Å². The highest BCUT2D eigenvalue weighted by atomic mass is 16.5. The zero-order chi connectivity index (χ0) is 28.7. The minimum absolute atomic E-state index is 0.0424. The van der Waals surface area contributed by atoms with Crippen LogP contribution in [0.5, 0.6) is 5.75 Å². The van der Waals surface area contributed by atoms with Gasteiger partial charge in [0.2, 0.25) is 11.8 Å². The maximum atomic E-state index is 13.5. The molecule has 3 heterocycles. The lowest BCUT2D eigenvalue weighted by Gasteiger charge is -2.40. The Kier molecular flexibility index (Phi) is 9.59. The molecular weight excluding hydrogens is 520 g/mol. The van der Waals surface area contributed by atoms with Gasteiger partial charge in [-0.15, -0.1) is 0 Å². The highest BCUT2D eigenvalue weighted by Gasteiger charge is 2.41. The average Bonchev–Trinajstić information content (AvgIpc) is 3.66. The van der Waals surface area contributed by atoms with E-state index in [9.17, 15) is 14.4 Å². The Labute approximate surface area is 242 Å². The molecule has 2 aliphatic heterocycles. The molecule has 0 bridgehead atoms. The number of anilines is 1. The van der Waals surface area contributed by atoms with Crippen LogP contribution < -0.4 is 20.7 Å². The fourth-order valence-corrected chi connectivity index (χ4v) is 6.51. The van der Waals surface area contributed by atoms with E-state index in [2.05, 4.69) is 25.9 Å². The number of benzene rings is 1. The predicted octanol–water partition coefficient (Wildman–Crippen LogP) is 3.83. The number of fused-ring (bicyclic) bond motifs is 1. The number of nitrogens with zero attached hydrogens (tertiary/aromatic N) is 3. The van der Waals surface area contributed by atoms with E-state index in [0.717, 1.165) is 43.5 Å². The van der Waals surface area contributed by atoms with Gasteiger partial charge in [-0.3, -0.25) is 19.3 Å². The van der Waals surface area contributed by atoms with E-state index in [-0.39, 0.29) is 17.7 Å². The maximum absolute atomic E-state index is 13.5. The first kappa shape index (κ1) is 29.1. The molecule has 1 spiro atoms. The number of hydrogen-bond donors (Lipinski definition) is 3. The number of carbonyl (C=O) groups excluding carboxylic acids is 3. The van der Waals surface area contributed by atoms with Crippen molar-refractivity contribution in [2.45, 2.75) is 77.2 Å². The van der Waals surface area contributed by atoms with Crippen LogP contribution in [0.15, 0.2) is 30.5 Å². The number of carbonyl (C=O) groups is 3. The van der Waals surface area contributed by atoms with Crippen LogP contribution in [0.3, 0.4) is 0 Å². The summed E-state index contributed by atoms with van der Waals surface area (Å²) in [7, 11) is 0. The minimum atomic E-state index is -0.460. The maximum Gasteiger partial charge on any atom is 0.255 e. The van der Waals surface area contributed by atoms with Crippen molar-refractivity contribution >= 4 is 23.5 Å². The van der Waals surface area contributed by atoms with Gasteiger partial charge in [-0.1, -0.05) is 31.4 Å². The van der Waals surface area contributed by atoms with Crippen molar-refractivity contribution in [2.24, 2.45) is 5.41 Å². The van der Waals surface area contributed by atoms with Crippen LogP contribution >= 0.6 is 0 Å². The number of ether oxygens (including phenoxy) is 1. The monoisotopic (exact) mass is 564 g/mol. The van der Waals surface area contributed by atoms with Crippen LogP contribution in [0.1, 0.15) is 86.2 Å². The van der Waals surface area contributed by atoms with Crippen LogP contribution in [-0.4, -0.2) is 71.7 Å². The van der Waals surface area contributed by atoms with E-state index in [1.165, 1.54) is 12.8 Å². The molecule has 41 heavy (non-hydrogen) atoms. The molecule has 1 aromatic heterocycles. The van der Waals surface area contributed by atoms with E-state index < -0.39 is 5.41 Å². The van der Waals surface area contributed by atoms with E-state index in [0.29, 0.717) is 75.9 Å². The Morgan fingerprint density at radius 2 is 1.80 bits per heavy atom. The molecule has 3 N–H and O–H groups in total. The van der Waals surface area contributed by atoms with Gasteiger partial charge in [0.1, 0.15) is 11.6 Å². The van der Waals surface area contributed by atoms with Crippen LogP contribution in [0.4, 0.5) is 5.82 Å². The smallest absolute Gasteiger partial charge is 0.255 e. The van der Waals surface area contributed by atoms with Gasteiger partial charge in [-0.05, 0) is 76.6 Å². The van der Waals surface area contributed by atoms with Gasteiger partial charge < -0.3 is 20.7 Å². The third-order valence-electron chi connectivity index (χ3n) is 8.95. The number of nitrogens with one attached hydrogen (secondary N) is 3. The molecule has 0 atom stereocenters. The number of para-hydroxylation sites is 1. The molecule has 222 valence electrons. The van der Waals surface area contributed by atoms with Gasteiger partial charge in [0.15, 0.2) is 0 Å². The average molecular weight is 565 g/mol. The fourth-order valence-electron chi connectivity index (χ4n) is 6.51. The summed E-state index contributed by atoms with van der Waals surface area (Å²) < 4.78 is 7.96. The van der Waals surface area contributed by atoms with Gasteiger partial charge >= 0.3 is 0 Å². The standard InChI is InChI=1S/C31H44N6O4/c1-23-8-6-11-25-28(23)41-21-7-17-33-30(40)31(13-4-5-16-32-29(25)39)14-19-36(20-15-31)22-27(38)35-26-12-18-34-37(26)24-9-2-3-10-24/h6,8,11-12,18,24H,2-5,7,9-10,13-17,19-22H2,1H3,(H,32,39)(H,33,40)(H,35,38). The lowest BCUT2D eigenvalue weighted by molar-refractivity contribution is -0.134. The third-order valence-corrected chi connectivity index (χ3v) is 8.95. The molecule has 10 nitrogen and oxygen atoms in total. The zero-order valence-corrected chi connectivity index (χ0v) is 24.3. The lowest BCUT2D eigenvalue weighted by atomic mass is 9.73. The summed E-state index contributed by atoms with van der Waals surface area (Å²) in [6, 6.07) is 7.84. The van der Waals surface area contributed by atoms with Gasteiger partial charge in [-0.25, -0.2) is 4.68 Å². The van der Waals surface area contributed by atoms with Crippen molar-refractivity contribution < 1.29 is 19.1 Å². The number of likely N-dealkylation sites (tertiary alicyclic amines) is 1. The van der Waals surface area contributed by atoms with E-state index in [1.807, 2.05) is 29.8 Å². The van der Waals surface area contributed by atoms with E-state index in [1.54, 1.807) is 12.3 Å². The number of hydrogen-bond acceptors (Lipinski definition) is 6. The Bertz CT molecular complexity index is 1210. The summed E-state index contributed by atoms with van der Waals surface area (Å²) in [5.41, 5.74) is 1.02. The van der Waals surface area contributed by atoms with Crippen LogP contribution in [-0.2, 0) is 9.59 Å². The topological polar surface area (TPSA) is 118 Å². The molecule has 3 aliphatic rings. The summed E-state index contributed by atoms with van der Waals surface area (Å²) >= 11 is 0. The van der Waals surface area contributed by atoms with Crippen LogP contribution in [0.25, 0.3) is 0 Å². The van der Waals surface area contributed by atoms with Crippen LogP contribution in [0, 0.1) is 12.3 Å². The normalized spacial score (nSPS) is 21.2. The molecule has 10 heteroatoms. The first-order valence-corrected chi connectivity index (χ1v) is 15.3. The molecule has 3 amide bonds. The number of piperidine rings is 1. The molecule has 1 aromatic carbocycles. The largest absolute Gasteiger partial charge is 0.492 e. The quantitative estimate of drug-likeness (QED) is 0.520. The summed E-state index contributed by atoms with van der Waals surface area (Å²) in [4.78, 5) is 41.4. The lowest BCUT2D eigenvalue weighted by Crippen LogP contribution is -2.50. The summed E-state index contributed by atoms with van der Waals surface area (Å²) in [5.74, 6) is 1.31. The van der Waals surface area contributed by atoms with Crippen molar-refractivity contribution in [1.82, 2.24) is 25.3 Å². The molecule has 1 saturated heterocycles. The summed E-state index contributed by atoms with van der Waals surface area (Å²) in [6.45, 7) is 5.11. The van der Waals surface area contributed by atoms with Crippen molar-refractivity contribution in [2.75, 3.05) is 44.6 Å². The van der Waals surface area contributed by atoms with Crippen molar-refractivity contribution in [3.05, 3.63) is 41.6 Å². The SMILES string of the molecule is Cc1cccc2c1OCCCNC(=O)C1(CCCCNC2=O)CCN(CC(=O)Nc2ccnn2C2CCCC2)CC1. The first-order chi connectivity index (χ1) is 19.9. The van der Waals surface area contributed by atoms with Gasteiger partial charge in [-0.2, -0.15) is 5.10 Å². The molecule has 0 unspecified atom stereocenters. The molecule has 2 aromatic rings. The zero-order valence-electron chi connectivity index (χ0n) is 24.3. The molecule has 1 aliphatic carbocycles. The molecule has 2 fully saturated rings. The minimum Gasteiger partial charge on any atom is -0.492 e. The van der Waals surface area contributed by atoms with Gasteiger partial charge in [0.25, 0.3) is 5.91 Å². The Balaban J connectivity index is 1.15. The number of rotatable bonds is 4. The second-order valence-electron chi connectivity index (χ2n) is 11.8. The second-order valence-corrected chi connectivity index (χ2v) is 11.8. The molecular formula is C31H44N6O4.